The Morgan fingerprint density at radius 2 is 1.93 bits per heavy atom. The van der Waals surface area contributed by atoms with E-state index in [-0.39, 0.29) is 11.0 Å². The van der Waals surface area contributed by atoms with Crippen molar-refractivity contribution in [3.63, 3.8) is 0 Å². The van der Waals surface area contributed by atoms with Gasteiger partial charge in [-0.1, -0.05) is 20.8 Å². The van der Waals surface area contributed by atoms with Crippen molar-refractivity contribution in [1.29, 1.82) is 0 Å². The van der Waals surface area contributed by atoms with Gasteiger partial charge in [-0.25, -0.2) is 14.6 Å². The van der Waals surface area contributed by atoms with E-state index < -0.39 is 0 Å². The molecule has 4 heterocycles. The molecule has 0 atom stereocenters. The molecule has 6 nitrogen and oxygen atoms in total. The zero-order valence-electron chi connectivity index (χ0n) is 16.1. The fourth-order valence-electron chi connectivity index (χ4n) is 3.58. The minimum atomic E-state index is -0.0578. The van der Waals surface area contributed by atoms with E-state index in [2.05, 4.69) is 52.2 Å². The highest BCUT2D eigenvalue weighted by Gasteiger charge is 2.23. The molecule has 0 aromatic carbocycles. The predicted octanol–water partition coefficient (Wildman–Crippen LogP) is 3.46. The third kappa shape index (κ3) is 3.74. The lowest BCUT2D eigenvalue weighted by atomic mass is 9.92. The van der Waals surface area contributed by atoms with Gasteiger partial charge in [-0.15, -0.1) is 11.3 Å². The van der Waals surface area contributed by atoms with Gasteiger partial charge in [-0.3, -0.25) is 4.79 Å². The highest BCUT2D eigenvalue weighted by molar-refractivity contribution is 7.16. The average molecular weight is 384 g/mol. The minimum absolute atomic E-state index is 0.0128. The molecule has 0 aliphatic carbocycles. The molecule has 1 saturated heterocycles. The highest BCUT2D eigenvalue weighted by atomic mass is 32.1. The van der Waals surface area contributed by atoms with Crippen molar-refractivity contribution in [1.82, 2.24) is 19.7 Å². The summed E-state index contributed by atoms with van der Waals surface area (Å²) in [5.41, 5.74) is 0.888. The molecule has 1 aliphatic rings. The van der Waals surface area contributed by atoms with E-state index in [0.29, 0.717) is 12.5 Å². The minimum Gasteiger partial charge on any atom is -0.356 e. The maximum Gasteiger partial charge on any atom is 0.266 e. The molecule has 4 rings (SSSR count). The molecular weight excluding hydrogens is 358 g/mol. The molecule has 3 aromatic heterocycles. The van der Waals surface area contributed by atoms with Crippen LogP contribution in [0.3, 0.4) is 0 Å². The van der Waals surface area contributed by atoms with Gasteiger partial charge in [-0.2, -0.15) is 5.10 Å². The van der Waals surface area contributed by atoms with Gasteiger partial charge >= 0.3 is 0 Å². The van der Waals surface area contributed by atoms with E-state index in [1.165, 1.54) is 0 Å². The third-order valence-corrected chi connectivity index (χ3v) is 6.04. The Bertz CT molecular complexity index is 995. The molecule has 142 valence electrons. The van der Waals surface area contributed by atoms with Crippen molar-refractivity contribution >= 4 is 27.4 Å². The quantitative estimate of drug-likeness (QED) is 0.693. The third-order valence-electron chi connectivity index (χ3n) is 5.22. The number of fused-ring (bicyclic) bond motifs is 1. The van der Waals surface area contributed by atoms with Crippen LogP contribution < -0.4 is 10.5 Å². The van der Waals surface area contributed by atoms with E-state index in [0.717, 1.165) is 47.7 Å². The molecular formula is C20H25N5OS. The van der Waals surface area contributed by atoms with Crippen molar-refractivity contribution < 1.29 is 0 Å². The molecule has 0 amide bonds. The SMILES string of the molecule is CC(C)(C)c1ccc(=O)n(CC2CCN(c3ncnc4sccc34)CC2)n1. The Labute approximate surface area is 162 Å². The van der Waals surface area contributed by atoms with E-state index in [9.17, 15) is 4.79 Å². The first-order valence-electron chi connectivity index (χ1n) is 9.43. The van der Waals surface area contributed by atoms with Gasteiger partial charge in [0.15, 0.2) is 0 Å². The summed E-state index contributed by atoms with van der Waals surface area (Å²) in [5, 5.41) is 7.82. The van der Waals surface area contributed by atoms with Gasteiger partial charge in [0.05, 0.1) is 11.1 Å². The molecule has 0 saturated carbocycles. The van der Waals surface area contributed by atoms with E-state index >= 15 is 0 Å². The highest BCUT2D eigenvalue weighted by Crippen LogP contribution is 2.30. The Morgan fingerprint density at radius 3 is 2.67 bits per heavy atom. The van der Waals surface area contributed by atoms with Crippen molar-refractivity contribution in [2.24, 2.45) is 5.92 Å². The molecule has 7 heteroatoms. The number of thiophene rings is 1. The molecule has 0 radical (unpaired) electrons. The van der Waals surface area contributed by atoms with Crippen LogP contribution in [0, 0.1) is 5.92 Å². The summed E-state index contributed by atoms with van der Waals surface area (Å²) in [6, 6.07) is 5.60. The topological polar surface area (TPSA) is 63.9 Å². The lowest BCUT2D eigenvalue weighted by molar-refractivity contribution is 0.330. The van der Waals surface area contributed by atoms with Gasteiger partial charge in [-0.05, 0) is 36.3 Å². The monoisotopic (exact) mass is 383 g/mol. The van der Waals surface area contributed by atoms with Gasteiger partial charge in [0.25, 0.3) is 5.56 Å². The van der Waals surface area contributed by atoms with Crippen LogP contribution in [0.5, 0.6) is 0 Å². The summed E-state index contributed by atoms with van der Waals surface area (Å²) in [5.74, 6) is 1.49. The van der Waals surface area contributed by atoms with Crippen LogP contribution in [-0.2, 0) is 12.0 Å². The normalized spacial score (nSPS) is 16.2. The Balaban J connectivity index is 1.46. The summed E-state index contributed by atoms with van der Waals surface area (Å²) in [6.45, 7) is 8.94. The van der Waals surface area contributed by atoms with Gasteiger partial charge in [0.2, 0.25) is 0 Å². The molecule has 3 aromatic rings. The molecule has 0 spiro atoms. The second-order valence-electron chi connectivity index (χ2n) is 8.26. The number of aromatic nitrogens is 4. The molecule has 0 N–H and O–H groups in total. The van der Waals surface area contributed by atoms with Crippen molar-refractivity contribution in [3.05, 3.63) is 46.0 Å². The van der Waals surface area contributed by atoms with Crippen LogP contribution in [0.15, 0.2) is 34.7 Å². The molecule has 0 unspecified atom stereocenters. The number of nitrogens with zero attached hydrogens (tertiary/aromatic N) is 5. The molecule has 27 heavy (non-hydrogen) atoms. The first-order valence-corrected chi connectivity index (χ1v) is 10.3. The zero-order chi connectivity index (χ0) is 19.0. The zero-order valence-corrected chi connectivity index (χ0v) is 16.9. The van der Waals surface area contributed by atoms with Crippen molar-refractivity contribution in [2.45, 2.75) is 45.6 Å². The van der Waals surface area contributed by atoms with Crippen LogP contribution >= 0.6 is 11.3 Å². The fourth-order valence-corrected chi connectivity index (χ4v) is 4.31. The number of hydrogen-bond donors (Lipinski definition) is 0. The van der Waals surface area contributed by atoms with Gasteiger partial charge < -0.3 is 4.90 Å². The van der Waals surface area contributed by atoms with Gasteiger partial charge in [0.1, 0.15) is 17.0 Å². The maximum atomic E-state index is 12.2. The summed E-state index contributed by atoms with van der Waals surface area (Å²) in [7, 11) is 0. The number of anilines is 1. The average Bonchev–Trinajstić information content (AvgIpc) is 3.12. The standard InChI is InChI=1S/C20H25N5OS/c1-20(2,3)16-4-5-17(26)25(23-16)12-14-6-9-24(10-7-14)18-15-8-11-27-19(15)22-13-21-18/h4-5,8,11,13-14H,6-7,9-10,12H2,1-3H3. The first kappa shape index (κ1) is 18.1. The van der Waals surface area contributed by atoms with E-state index in [1.807, 2.05) is 6.07 Å². The lowest BCUT2D eigenvalue weighted by Crippen LogP contribution is -2.37. The fraction of sp³-hybridized carbons (Fsp3) is 0.500. The Hall–Kier alpha value is -2.28. The van der Waals surface area contributed by atoms with Crippen molar-refractivity contribution in [3.8, 4) is 0 Å². The molecule has 1 aliphatic heterocycles. The van der Waals surface area contributed by atoms with Gasteiger partial charge in [0, 0.05) is 31.1 Å². The van der Waals surface area contributed by atoms with E-state index in [4.69, 9.17) is 0 Å². The largest absolute Gasteiger partial charge is 0.356 e. The van der Waals surface area contributed by atoms with Crippen LogP contribution in [0.2, 0.25) is 0 Å². The number of hydrogen-bond acceptors (Lipinski definition) is 6. The molecule has 1 fully saturated rings. The smallest absolute Gasteiger partial charge is 0.266 e. The lowest BCUT2D eigenvalue weighted by Gasteiger charge is -2.33. The van der Waals surface area contributed by atoms with Crippen molar-refractivity contribution in [2.75, 3.05) is 18.0 Å². The van der Waals surface area contributed by atoms with Crippen LogP contribution in [-0.4, -0.2) is 32.8 Å². The molecule has 0 bridgehead atoms. The summed E-state index contributed by atoms with van der Waals surface area (Å²) < 4.78 is 1.66. The van der Waals surface area contributed by atoms with Crippen LogP contribution in [0.1, 0.15) is 39.3 Å². The summed E-state index contributed by atoms with van der Waals surface area (Å²) in [4.78, 5) is 24.5. The second-order valence-corrected chi connectivity index (χ2v) is 9.15. The Kier molecular flexibility index (Phi) is 4.72. The van der Waals surface area contributed by atoms with Crippen LogP contribution in [0.25, 0.3) is 10.2 Å². The summed E-state index contributed by atoms with van der Waals surface area (Å²) >= 11 is 1.65. The Morgan fingerprint density at radius 1 is 1.15 bits per heavy atom. The second kappa shape index (κ2) is 7.03. The maximum absolute atomic E-state index is 12.2. The summed E-state index contributed by atoms with van der Waals surface area (Å²) in [6.07, 6.45) is 3.72. The first-order chi connectivity index (χ1) is 12.9. The van der Waals surface area contributed by atoms with E-state index in [1.54, 1.807) is 28.4 Å². The number of rotatable bonds is 3. The predicted molar refractivity (Wildman–Crippen MR) is 110 cm³/mol. The number of piperidine rings is 1. The van der Waals surface area contributed by atoms with Crippen LogP contribution in [0.4, 0.5) is 5.82 Å².